The summed E-state index contributed by atoms with van der Waals surface area (Å²) in [5.41, 5.74) is 6.74. The van der Waals surface area contributed by atoms with Crippen molar-refractivity contribution in [2.24, 2.45) is 0 Å². The molecule has 0 heterocycles. The molecule has 0 spiro atoms. The van der Waals surface area contributed by atoms with Crippen molar-refractivity contribution < 1.29 is 0 Å². The highest BCUT2D eigenvalue weighted by molar-refractivity contribution is 7.79. The molecule has 1 heteroatoms. The Morgan fingerprint density at radius 3 is 2.16 bits per heavy atom. The third-order valence-electron chi connectivity index (χ3n) is 2.27. The van der Waals surface area contributed by atoms with E-state index in [0.29, 0.717) is 0 Å². The highest BCUT2D eigenvalue weighted by atomic mass is 32.1. The van der Waals surface area contributed by atoms with E-state index in [4.69, 9.17) is 0 Å². The summed E-state index contributed by atoms with van der Waals surface area (Å²) in [6.45, 7) is 13.9. The zero-order chi connectivity index (χ0) is 15.1. The number of benzene rings is 1. The molecule has 1 aromatic carbocycles. The standard InChI is InChI=1S/C14H16.C3H8.CH4S/c1-4-9-13-10-7-8-11-14(13)12(5-2)6-3;1-3-2;1-2/h4,7-8,10-11H,1-2,6,9H2,3H3;3H2,1-2H3;2H,1H3. The molecule has 0 nitrogen and oxygen atoms in total. The van der Waals surface area contributed by atoms with Crippen molar-refractivity contribution in [2.75, 3.05) is 6.26 Å². The zero-order valence-electron chi connectivity index (χ0n) is 12.9. The minimum atomic E-state index is 0.904. The second-order valence-electron chi connectivity index (χ2n) is 3.87. The predicted octanol–water partition coefficient (Wildman–Crippen LogP) is 5.96. The molecule has 0 amide bonds. The molecule has 0 aliphatic rings. The monoisotopic (exact) mass is 276 g/mol. The van der Waals surface area contributed by atoms with E-state index < -0.39 is 0 Å². The second kappa shape index (κ2) is 14.9. The molecule has 106 valence electrons. The van der Waals surface area contributed by atoms with Crippen molar-refractivity contribution in [3.05, 3.63) is 60.4 Å². The molecule has 1 aromatic rings. The van der Waals surface area contributed by atoms with Crippen LogP contribution in [0.1, 0.15) is 44.7 Å². The molecule has 0 radical (unpaired) electrons. The maximum atomic E-state index is 3.76. The lowest BCUT2D eigenvalue weighted by atomic mass is 9.97. The lowest BCUT2D eigenvalue weighted by Gasteiger charge is -2.07. The molecule has 0 N–H and O–H groups in total. The van der Waals surface area contributed by atoms with Gasteiger partial charge in [0.1, 0.15) is 0 Å². The van der Waals surface area contributed by atoms with Crippen molar-refractivity contribution in [3.8, 4) is 0 Å². The minimum absolute atomic E-state index is 0.904. The second-order valence-corrected chi connectivity index (χ2v) is 3.87. The Bertz CT molecular complexity index is 384. The van der Waals surface area contributed by atoms with Crippen molar-refractivity contribution in [3.63, 3.8) is 0 Å². The van der Waals surface area contributed by atoms with E-state index in [-0.39, 0.29) is 0 Å². The predicted molar refractivity (Wildman–Crippen MR) is 94.1 cm³/mol. The molecular weight excluding hydrogens is 248 g/mol. The first-order valence-corrected chi connectivity index (χ1v) is 7.67. The van der Waals surface area contributed by atoms with E-state index in [1.54, 1.807) is 6.26 Å². The van der Waals surface area contributed by atoms with Crippen LogP contribution in [0.5, 0.6) is 0 Å². The first-order chi connectivity index (χ1) is 9.24. The Balaban J connectivity index is 0. The molecule has 1 rings (SSSR count). The quantitative estimate of drug-likeness (QED) is 0.392. The summed E-state index contributed by atoms with van der Waals surface area (Å²) in [5.74, 6) is 0. The van der Waals surface area contributed by atoms with Crippen LogP contribution in [-0.2, 0) is 6.42 Å². The van der Waals surface area contributed by atoms with E-state index in [2.05, 4.69) is 76.6 Å². The van der Waals surface area contributed by atoms with E-state index >= 15 is 0 Å². The van der Waals surface area contributed by atoms with Gasteiger partial charge in [0.05, 0.1) is 0 Å². The Kier molecular flexibility index (Phi) is 15.8. The minimum Gasteiger partial charge on any atom is -0.183 e. The van der Waals surface area contributed by atoms with Gasteiger partial charge < -0.3 is 0 Å². The van der Waals surface area contributed by atoms with Crippen molar-refractivity contribution >= 4 is 18.2 Å². The molecule has 0 fully saturated rings. The smallest absolute Gasteiger partial charge is 0.000594 e. The van der Waals surface area contributed by atoms with Gasteiger partial charge in [-0.05, 0) is 30.2 Å². The molecule has 0 atom stereocenters. The summed E-state index contributed by atoms with van der Waals surface area (Å²) in [6, 6.07) is 8.35. The first-order valence-electron chi connectivity index (χ1n) is 6.77. The molecular formula is C18H28S. The van der Waals surface area contributed by atoms with Gasteiger partial charge in [0.2, 0.25) is 0 Å². The van der Waals surface area contributed by atoms with E-state index in [1.165, 1.54) is 23.1 Å². The van der Waals surface area contributed by atoms with Gasteiger partial charge in [0.25, 0.3) is 0 Å². The Morgan fingerprint density at radius 1 is 1.21 bits per heavy atom. The summed E-state index contributed by atoms with van der Waals surface area (Å²) in [6.07, 6.45) is 6.74. The Labute approximate surface area is 125 Å². The van der Waals surface area contributed by atoms with Crippen LogP contribution in [0.4, 0.5) is 0 Å². The Morgan fingerprint density at radius 2 is 1.74 bits per heavy atom. The van der Waals surface area contributed by atoms with Crippen LogP contribution in [0, 0.1) is 0 Å². The van der Waals surface area contributed by atoms with Crippen LogP contribution in [0.2, 0.25) is 0 Å². The van der Waals surface area contributed by atoms with Crippen LogP contribution in [0.15, 0.2) is 49.2 Å². The van der Waals surface area contributed by atoms with Crippen LogP contribution >= 0.6 is 12.6 Å². The number of hydrogen-bond donors (Lipinski definition) is 1. The van der Waals surface area contributed by atoms with Gasteiger partial charge in [0.15, 0.2) is 0 Å². The fourth-order valence-corrected chi connectivity index (χ4v) is 1.56. The van der Waals surface area contributed by atoms with Gasteiger partial charge in [-0.15, -0.1) is 12.3 Å². The molecule has 0 saturated carbocycles. The van der Waals surface area contributed by atoms with Crippen molar-refractivity contribution in [2.45, 2.75) is 40.0 Å². The van der Waals surface area contributed by atoms with Crippen molar-refractivity contribution in [1.82, 2.24) is 0 Å². The maximum Gasteiger partial charge on any atom is 0.000594 e. The number of hydrogen-bond acceptors (Lipinski definition) is 1. The highest BCUT2D eigenvalue weighted by Gasteiger charge is 2.03. The van der Waals surface area contributed by atoms with Gasteiger partial charge >= 0.3 is 0 Å². The molecule has 0 aromatic heterocycles. The molecule has 0 unspecified atom stereocenters. The summed E-state index contributed by atoms with van der Waals surface area (Å²) < 4.78 is 0. The molecule has 19 heavy (non-hydrogen) atoms. The van der Waals surface area contributed by atoms with E-state index in [9.17, 15) is 0 Å². The van der Waals surface area contributed by atoms with Gasteiger partial charge in [0, 0.05) is 5.57 Å². The SMILES string of the molecule is C=C=C(CC)c1ccccc1CC=C.CCC.CS. The fourth-order valence-electron chi connectivity index (χ4n) is 1.56. The lowest BCUT2D eigenvalue weighted by molar-refractivity contribution is 1.09. The van der Waals surface area contributed by atoms with Gasteiger partial charge in [-0.3, -0.25) is 0 Å². The Hall–Kier alpha value is -1.17. The van der Waals surface area contributed by atoms with E-state index in [0.717, 1.165) is 12.8 Å². The molecule has 0 bridgehead atoms. The summed E-state index contributed by atoms with van der Waals surface area (Å²) in [5, 5.41) is 0. The van der Waals surface area contributed by atoms with Crippen LogP contribution < -0.4 is 0 Å². The number of thiol groups is 1. The molecule has 0 aliphatic heterocycles. The average Bonchev–Trinajstić information content (AvgIpc) is 2.45. The van der Waals surface area contributed by atoms with Gasteiger partial charge in [-0.2, -0.15) is 12.6 Å². The zero-order valence-corrected chi connectivity index (χ0v) is 13.8. The van der Waals surface area contributed by atoms with Crippen molar-refractivity contribution in [1.29, 1.82) is 0 Å². The fraction of sp³-hybridized carbons (Fsp3) is 0.389. The number of rotatable bonds is 4. The molecule has 0 aliphatic carbocycles. The van der Waals surface area contributed by atoms with Gasteiger partial charge in [-0.25, -0.2) is 0 Å². The maximum absolute atomic E-state index is 3.76. The third kappa shape index (κ3) is 8.53. The third-order valence-corrected chi connectivity index (χ3v) is 2.27. The highest BCUT2D eigenvalue weighted by Crippen LogP contribution is 2.21. The lowest BCUT2D eigenvalue weighted by Crippen LogP contribution is -1.90. The van der Waals surface area contributed by atoms with Crippen LogP contribution in [0.25, 0.3) is 5.57 Å². The summed E-state index contributed by atoms with van der Waals surface area (Å²) in [7, 11) is 0. The topological polar surface area (TPSA) is 0 Å². The van der Waals surface area contributed by atoms with E-state index in [1.807, 2.05) is 6.08 Å². The molecule has 0 saturated heterocycles. The summed E-state index contributed by atoms with van der Waals surface area (Å²) >= 11 is 3.53. The van der Waals surface area contributed by atoms with Gasteiger partial charge in [-0.1, -0.05) is 64.1 Å². The average molecular weight is 276 g/mol. The largest absolute Gasteiger partial charge is 0.183 e. The normalized spacial score (nSPS) is 8.05. The van der Waals surface area contributed by atoms with Crippen LogP contribution in [0.3, 0.4) is 0 Å². The summed E-state index contributed by atoms with van der Waals surface area (Å²) in [4.78, 5) is 0. The number of allylic oxidation sites excluding steroid dienone is 2. The first kappa shape index (κ1) is 20.2. The van der Waals surface area contributed by atoms with Crippen LogP contribution in [-0.4, -0.2) is 6.26 Å².